The zero-order valence-electron chi connectivity index (χ0n) is 12.1. The van der Waals surface area contributed by atoms with Crippen LogP contribution in [-0.2, 0) is 6.42 Å². The van der Waals surface area contributed by atoms with E-state index in [4.69, 9.17) is 10.5 Å². The molecule has 0 saturated heterocycles. The molecule has 0 saturated carbocycles. The summed E-state index contributed by atoms with van der Waals surface area (Å²) in [5.41, 5.74) is 9.53. The molecule has 1 atom stereocenters. The Kier molecular flexibility index (Phi) is 2.89. The molecular weight excluding hydrogens is 260 g/mol. The largest absolute Gasteiger partial charge is 0.480 e. The van der Waals surface area contributed by atoms with Gasteiger partial charge >= 0.3 is 0 Å². The molecule has 0 fully saturated rings. The lowest BCUT2D eigenvalue weighted by Gasteiger charge is -2.42. The van der Waals surface area contributed by atoms with E-state index < -0.39 is 0 Å². The summed E-state index contributed by atoms with van der Waals surface area (Å²) in [7, 11) is 0. The van der Waals surface area contributed by atoms with Crippen LogP contribution >= 0.6 is 0 Å². The fourth-order valence-electron chi connectivity index (χ4n) is 3.67. The van der Waals surface area contributed by atoms with Crippen molar-refractivity contribution in [1.82, 2.24) is 4.90 Å². The van der Waals surface area contributed by atoms with Gasteiger partial charge in [0.2, 0.25) is 0 Å². The summed E-state index contributed by atoms with van der Waals surface area (Å²) in [5.74, 6) is 1.03. The predicted octanol–water partition coefficient (Wildman–Crippen LogP) is 2.40. The summed E-state index contributed by atoms with van der Waals surface area (Å²) < 4.78 is 6.46. The van der Waals surface area contributed by atoms with Gasteiger partial charge in [0, 0.05) is 31.3 Å². The van der Waals surface area contributed by atoms with Crippen LogP contribution in [0.3, 0.4) is 0 Å². The molecule has 0 bridgehead atoms. The van der Waals surface area contributed by atoms with Crippen LogP contribution < -0.4 is 10.5 Å². The molecule has 3 nitrogen and oxygen atoms in total. The molecule has 21 heavy (non-hydrogen) atoms. The van der Waals surface area contributed by atoms with E-state index in [9.17, 15) is 0 Å². The van der Waals surface area contributed by atoms with Crippen molar-refractivity contribution in [3.8, 4) is 5.75 Å². The number of rotatable bonds is 2. The van der Waals surface area contributed by atoms with Crippen molar-refractivity contribution in [3.63, 3.8) is 0 Å². The molecule has 2 N–H and O–H groups in total. The van der Waals surface area contributed by atoms with Gasteiger partial charge in [-0.2, -0.15) is 0 Å². The van der Waals surface area contributed by atoms with Crippen LogP contribution in [0.1, 0.15) is 12.0 Å². The Balaban J connectivity index is 1.76. The number of ether oxygens (including phenoxy) is 1. The van der Waals surface area contributed by atoms with E-state index in [2.05, 4.69) is 47.5 Å². The van der Waals surface area contributed by atoms with E-state index in [-0.39, 0.29) is 5.60 Å². The minimum atomic E-state index is -0.242. The Bertz CT molecular complexity index is 632. The molecule has 1 aliphatic carbocycles. The van der Waals surface area contributed by atoms with E-state index in [1.807, 2.05) is 6.07 Å². The lowest BCUT2D eigenvalue weighted by Crippen LogP contribution is -2.51. The first kappa shape index (κ1) is 12.7. The van der Waals surface area contributed by atoms with Crippen LogP contribution in [0.5, 0.6) is 5.75 Å². The highest BCUT2D eigenvalue weighted by Gasteiger charge is 2.46. The van der Waals surface area contributed by atoms with Gasteiger partial charge in [0.25, 0.3) is 0 Å². The van der Waals surface area contributed by atoms with Gasteiger partial charge in [0.05, 0.1) is 6.54 Å². The maximum Gasteiger partial charge on any atom is 0.156 e. The molecular formula is C18H20N2O. The minimum absolute atomic E-state index is 0.242. The SMILES string of the molecule is NCCN1C=C2CC=CC=C2C2(Cc3ccccc3O2)C1. The topological polar surface area (TPSA) is 38.5 Å². The molecule has 4 rings (SSSR count). The Morgan fingerprint density at radius 3 is 3.05 bits per heavy atom. The smallest absolute Gasteiger partial charge is 0.156 e. The average molecular weight is 280 g/mol. The third-order valence-corrected chi connectivity index (χ3v) is 4.54. The van der Waals surface area contributed by atoms with Gasteiger partial charge in [-0.25, -0.2) is 0 Å². The maximum atomic E-state index is 6.46. The zero-order valence-corrected chi connectivity index (χ0v) is 12.1. The van der Waals surface area contributed by atoms with Crippen molar-refractivity contribution in [2.45, 2.75) is 18.4 Å². The van der Waals surface area contributed by atoms with E-state index in [1.54, 1.807) is 0 Å². The van der Waals surface area contributed by atoms with Gasteiger partial charge in [-0.05, 0) is 23.6 Å². The minimum Gasteiger partial charge on any atom is -0.480 e. The highest BCUT2D eigenvalue weighted by molar-refractivity contribution is 5.53. The molecule has 1 aromatic carbocycles. The van der Waals surface area contributed by atoms with Gasteiger partial charge in [0.15, 0.2) is 5.60 Å². The molecule has 0 radical (unpaired) electrons. The van der Waals surface area contributed by atoms with Crippen molar-refractivity contribution in [2.24, 2.45) is 5.73 Å². The second-order valence-corrected chi connectivity index (χ2v) is 6.01. The quantitative estimate of drug-likeness (QED) is 0.904. The number of benzene rings is 1. The molecule has 3 heteroatoms. The van der Waals surface area contributed by atoms with Crippen LogP contribution in [0.4, 0.5) is 0 Å². The van der Waals surface area contributed by atoms with Crippen LogP contribution in [0.15, 0.2) is 59.8 Å². The molecule has 2 heterocycles. The van der Waals surface area contributed by atoms with E-state index in [0.717, 1.165) is 31.7 Å². The number of nitrogens with two attached hydrogens (primary N) is 1. The van der Waals surface area contributed by atoms with Crippen molar-refractivity contribution in [2.75, 3.05) is 19.6 Å². The Morgan fingerprint density at radius 1 is 1.29 bits per heavy atom. The van der Waals surface area contributed by atoms with Crippen molar-refractivity contribution in [3.05, 3.63) is 65.4 Å². The Hall–Kier alpha value is -2.00. The fourth-order valence-corrected chi connectivity index (χ4v) is 3.67. The fraction of sp³-hybridized carbons (Fsp3) is 0.333. The standard InChI is InChI=1S/C18H20N2O/c19-9-10-20-12-15-6-1-3-7-16(15)18(13-20)11-14-5-2-4-8-17(14)21-18/h1-5,7-8,12H,6,9-11,13,19H2. The molecule has 108 valence electrons. The second-order valence-electron chi connectivity index (χ2n) is 6.01. The number of hydrogen-bond donors (Lipinski definition) is 1. The zero-order chi connectivity index (χ0) is 14.3. The molecule has 2 aliphatic heterocycles. The Labute approximate surface area is 125 Å². The first-order valence-electron chi connectivity index (χ1n) is 7.60. The predicted molar refractivity (Wildman–Crippen MR) is 84.1 cm³/mol. The molecule has 1 unspecified atom stereocenters. The summed E-state index contributed by atoms with van der Waals surface area (Å²) in [6, 6.07) is 8.39. The second kappa shape index (κ2) is 4.78. The normalized spacial score (nSPS) is 26.0. The summed E-state index contributed by atoms with van der Waals surface area (Å²) in [5, 5.41) is 0. The van der Waals surface area contributed by atoms with Crippen LogP contribution in [0.25, 0.3) is 0 Å². The summed E-state index contributed by atoms with van der Waals surface area (Å²) >= 11 is 0. The lowest BCUT2D eigenvalue weighted by molar-refractivity contribution is 0.0910. The number of para-hydroxylation sites is 1. The van der Waals surface area contributed by atoms with Crippen LogP contribution in [0.2, 0.25) is 0 Å². The number of fused-ring (bicyclic) bond motifs is 3. The van der Waals surface area contributed by atoms with E-state index in [0.29, 0.717) is 6.54 Å². The van der Waals surface area contributed by atoms with E-state index in [1.165, 1.54) is 16.7 Å². The Morgan fingerprint density at radius 2 is 2.19 bits per heavy atom. The number of allylic oxidation sites excluding steroid dienone is 3. The van der Waals surface area contributed by atoms with E-state index >= 15 is 0 Å². The summed E-state index contributed by atoms with van der Waals surface area (Å²) in [6.45, 7) is 2.42. The van der Waals surface area contributed by atoms with Crippen LogP contribution in [0, 0.1) is 0 Å². The highest BCUT2D eigenvalue weighted by atomic mass is 16.5. The number of nitrogens with zero attached hydrogens (tertiary/aromatic N) is 1. The first-order valence-corrected chi connectivity index (χ1v) is 7.60. The highest BCUT2D eigenvalue weighted by Crippen LogP contribution is 2.45. The van der Waals surface area contributed by atoms with Gasteiger partial charge in [-0.15, -0.1) is 0 Å². The maximum absolute atomic E-state index is 6.46. The number of hydrogen-bond acceptors (Lipinski definition) is 3. The summed E-state index contributed by atoms with van der Waals surface area (Å²) in [6.07, 6.45) is 10.8. The third kappa shape index (κ3) is 2.00. The lowest BCUT2D eigenvalue weighted by atomic mass is 9.79. The monoisotopic (exact) mass is 280 g/mol. The van der Waals surface area contributed by atoms with Gasteiger partial charge < -0.3 is 15.4 Å². The van der Waals surface area contributed by atoms with Gasteiger partial charge in [-0.3, -0.25) is 0 Å². The first-order chi connectivity index (χ1) is 10.3. The van der Waals surface area contributed by atoms with Gasteiger partial charge in [0.1, 0.15) is 5.75 Å². The molecule has 1 aromatic rings. The average Bonchev–Trinajstić information content (AvgIpc) is 2.86. The van der Waals surface area contributed by atoms with Crippen molar-refractivity contribution < 1.29 is 4.74 Å². The van der Waals surface area contributed by atoms with Crippen molar-refractivity contribution >= 4 is 0 Å². The molecule has 0 aromatic heterocycles. The van der Waals surface area contributed by atoms with Gasteiger partial charge in [-0.1, -0.05) is 36.4 Å². The molecule has 3 aliphatic rings. The third-order valence-electron chi connectivity index (χ3n) is 4.54. The molecule has 1 spiro atoms. The van der Waals surface area contributed by atoms with Crippen LogP contribution in [-0.4, -0.2) is 30.1 Å². The molecule has 0 amide bonds. The van der Waals surface area contributed by atoms with Crippen molar-refractivity contribution in [1.29, 1.82) is 0 Å². The summed E-state index contributed by atoms with van der Waals surface area (Å²) in [4.78, 5) is 2.32.